The summed E-state index contributed by atoms with van der Waals surface area (Å²) in [6, 6.07) is 19.1. The second-order valence-electron chi connectivity index (χ2n) is 10.8. The topological polar surface area (TPSA) is 72.2 Å². The van der Waals surface area contributed by atoms with Gasteiger partial charge in [0.25, 0.3) is 5.11 Å². The Kier molecular flexibility index (Phi) is 11.1. The van der Waals surface area contributed by atoms with Crippen molar-refractivity contribution in [3.63, 3.8) is 0 Å². The van der Waals surface area contributed by atoms with Crippen LogP contribution in [0.2, 0.25) is 0 Å². The van der Waals surface area contributed by atoms with Crippen molar-refractivity contribution in [2.75, 3.05) is 46.8 Å². The lowest BCUT2D eigenvalue weighted by atomic mass is 10.2. The largest absolute Gasteiger partial charge is 0.445 e. The minimum atomic E-state index is -0.466. The van der Waals surface area contributed by atoms with E-state index in [4.69, 9.17) is 33.9 Å². The van der Waals surface area contributed by atoms with Gasteiger partial charge >= 0.3 is 12.2 Å². The molecule has 1 aliphatic heterocycles. The molecule has 0 atom stereocenters. The van der Waals surface area contributed by atoms with Gasteiger partial charge in [-0.05, 0) is 23.3 Å². The first-order valence-corrected chi connectivity index (χ1v) is 14.9. The van der Waals surface area contributed by atoms with E-state index in [1.54, 1.807) is 9.80 Å². The molecule has 2 heterocycles. The number of quaternary nitrogens is 1. The first kappa shape index (κ1) is 31.9. The number of amides is 2. The number of nitrogens with zero attached hydrogens (tertiary/aromatic N) is 6. The SMILES string of the molecule is Cn1ccn(CCN(CCN(CCN2C=C[N+](C)(C)C2=S)C(=O)OCc2ccccc2)C(=O)OCc2ccccc2)c1=S. The van der Waals surface area contributed by atoms with Crippen LogP contribution in [0.3, 0.4) is 0 Å². The molecule has 12 heteroatoms. The number of thiocarbonyl (C=S) groups is 1. The molecule has 4 rings (SSSR count). The van der Waals surface area contributed by atoms with Crippen LogP contribution in [0.5, 0.6) is 0 Å². The maximum atomic E-state index is 13.3. The van der Waals surface area contributed by atoms with E-state index in [0.29, 0.717) is 35.4 Å². The quantitative estimate of drug-likeness (QED) is 0.197. The zero-order valence-electron chi connectivity index (χ0n) is 24.9. The van der Waals surface area contributed by atoms with Crippen LogP contribution in [0.15, 0.2) is 85.5 Å². The lowest BCUT2D eigenvalue weighted by Gasteiger charge is -2.29. The zero-order valence-corrected chi connectivity index (χ0v) is 26.5. The van der Waals surface area contributed by atoms with Gasteiger partial charge in [-0.1, -0.05) is 60.7 Å². The van der Waals surface area contributed by atoms with Crippen molar-refractivity contribution < 1.29 is 23.5 Å². The Morgan fingerprint density at radius 1 is 0.767 bits per heavy atom. The van der Waals surface area contributed by atoms with Gasteiger partial charge in [0.1, 0.15) is 19.4 Å². The third-order valence-corrected chi connectivity index (χ3v) is 8.39. The monoisotopic (exact) mass is 623 g/mol. The zero-order chi connectivity index (χ0) is 30.8. The fraction of sp³-hybridized carbons (Fsp3) is 0.355. The number of hydrogen-bond donors (Lipinski definition) is 0. The van der Waals surface area contributed by atoms with E-state index in [9.17, 15) is 9.59 Å². The van der Waals surface area contributed by atoms with Gasteiger partial charge in [0.2, 0.25) is 0 Å². The van der Waals surface area contributed by atoms with Crippen molar-refractivity contribution in [3.05, 3.63) is 101 Å². The standard InChI is InChI=1S/C31H39N6O4S2/c1-32-14-15-33(28(32)42)16-18-35(30(38)40-24-26-10-6-4-7-11-26)20-21-36(19-17-34-22-23-37(2,3)29(34)43)31(39)41-25-27-12-8-5-9-13-27/h4-15,22-23H,16-21,24-25H2,1-3H3/q+1. The average molecular weight is 624 g/mol. The minimum absolute atomic E-state index is 0.149. The second kappa shape index (κ2) is 14.9. The Morgan fingerprint density at radius 2 is 1.28 bits per heavy atom. The molecular formula is C31H39N6O4S2+. The Balaban J connectivity index is 1.44. The van der Waals surface area contributed by atoms with Crippen molar-refractivity contribution in [1.82, 2.24) is 23.8 Å². The Hall–Kier alpha value is -4.00. The maximum Gasteiger partial charge on any atom is 0.410 e. The number of ether oxygens (including phenoxy) is 2. The highest BCUT2D eigenvalue weighted by atomic mass is 32.1. The molecule has 0 saturated carbocycles. The molecule has 0 fully saturated rings. The van der Waals surface area contributed by atoms with Crippen LogP contribution in [0.4, 0.5) is 9.59 Å². The van der Waals surface area contributed by atoms with Gasteiger partial charge < -0.3 is 28.4 Å². The number of carbonyl (C=O) groups is 2. The van der Waals surface area contributed by atoms with E-state index >= 15 is 0 Å². The Morgan fingerprint density at radius 3 is 1.72 bits per heavy atom. The van der Waals surface area contributed by atoms with E-state index in [-0.39, 0.29) is 26.3 Å². The van der Waals surface area contributed by atoms with Crippen LogP contribution in [0.25, 0.3) is 0 Å². The highest BCUT2D eigenvalue weighted by Gasteiger charge is 2.31. The molecule has 10 nitrogen and oxygen atoms in total. The number of carbonyl (C=O) groups excluding carboxylic acids is 2. The van der Waals surface area contributed by atoms with Crippen molar-refractivity contribution in [3.8, 4) is 0 Å². The van der Waals surface area contributed by atoms with Crippen LogP contribution < -0.4 is 0 Å². The molecule has 1 aliphatic rings. The summed E-state index contributed by atoms with van der Waals surface area (Å²) in [6.45, 7) is 2.48. The van der Waals surface area contributed by atoms with Crippen LogP contribution in [-0.4, -0.2) is 92.4 Å². The van der Waals surface area contributed by atoms with E-state index in [1.165, 1.54) is 0 Å². The first-order chi connectivity index (χ1) is 20.6. The van der Waals surface area contributed by atoms with E-state index in [2.05, 4.69) is 0 Å². The first-order valence-electron chi connectivity index (χ1n) is 14.1. The molecular weight excluding hydrogens is 585 g/mol. The van der Waals surface area contributed by atoms with Gasteiger partial charge in [-0.2, -0.15) is 0 Å². The fourth-order valence-electron chi connectivity index (χ4n) is 4.46. The number of aryl methyl sites for hydroxylation is 1. The third kappa shape index (κ3) is 8.99. The van der Waals surface area contributed by atoms with E-state index in [1.807, 2.05) is 121 Å². The summed E-state index contributed by atoms with van der Waals surface area (Å²) in [7, 11) is 5.89. The molecule has 2 amide bonds. The van der Waals surface area contributed by atoms with Crippen LogP contribution in [0, 0.1) is 4.77 Å². The molecule has 0 radical (unpaired) electrons. The predicted octanol–water partition coefficient (Wildman–Crippen LogP) is 4.98. The van der Waals surface area contributed by atoms with Gasteiger partial charge in [-0.25, -0.2) is 14.1 Å². The second-order valence-corrected chi connectivity index (χ2v) is 11.5. The predicted molar refractivity (Wildman–Crippen MR) is 171 cm³/mol. The number of imidazole rings is 1. The molecule has 1 aromatic heterocycles. The van der Waals surface area contributed by atoms with Gasteiger partial charge in [-0.15, -0.1) is 0 Å². The molecule has 228 valence electrons. The normalized spacial score (nSPS) is 13.7. The number of rotatable bonds is 13. The molecule has 2 aromatic carbocycles. The summed E-state index contributed by atoms with van der Waals surface area (Å²) in [6.07, 6.45) is 6.77. The summed E-state index contributed by atoms with van der Waals surface area (Å²) in [4.78, 5) is 31.8. The molecule has 0 aliphatic carbocycles. The molecule has 43 heavy (non-hydrogen) atoms. The molecule has 0 bridgehead atoms. The molecule has 0 saturated heterocycles. The maximum absolute atomic E-state index is 13.3. The summed E-state index contributed by atoms with van der Waals surface area (Å²) in [5.74, 6) is 0. The van der Waals surface area contributed by atoms with Crippen molar-refractivity contribution in [2.24, 2.45) is 7.05 Å². The van der Waals surface area contributed by atoms with Crippen molar-refractivity contribution in [2.45, 2.75) is 19.8 Å². The lowest BCUT2D eigenvalue weighted by molar-refractivity contribution is -0.739. The van der Waals surface area contributed by atoms with Gasteiger partial charge in [0.15, 0.2) is 4.77 Å². The van der Waals surface area contributed by atoms with Gasteiger partial charge in [0.05, 0.1) is 20.3 Å². The summed E-state index contributed by atoms with van der Waals surface area (Å²) in [5.41, 5.74) is 1.78. The Labute approximate surface area is 263 Å². The summed E-state index contributed by atoms with van der Waals surface area (Å²) < 4.78 is 16.2. The number of hydrogen-bond acceptors (Lipinski definition) is 6. The van der Waals surface area contributed by atoms with Crippen LogP contribution >= 0.6 is 24.4 Å². The van der Waals surface area contributed by atoms with Gasteiger partial charge in [-0.3, -0.25) is 4.90 Å². The van der Waals surface area contributed by atoms with Crippen molar-refractivity contribution in [1.29, 1.82) is 0 Å². The third-order valence-electron chi connectivity index (χ3n) is 7.16. The minimum Gasteiger partial charge on any atom is -0.445 e. The highest BCUT2D eigenvalue weighted by Crippen LogP contribution is 2.16. The highest BCUT2D eigenvalue weighted by molar-refractivity contribution is 7.79. The van der Waals surface area contributed by atoms with Gasteiger partial charge in [0, 0.05) is 70.9 Å². The molecule has 0 unspecified atom stereocenters. The fourth-order valence-corrected chi connectivity index (χ4v) is 4.89. The summed E-state index contributed by atoms with van der Waals surface area (Å²) in [5, 5.41) is 0.739. The Bertz CT molecular complexity index is 1470. The smallest absolute Gasteiger partial charge is 0.410 e. The van der Waals surface area contributed by atoms with Crippen LogP contribution in [0.1, 0.15) is 11.1 Å². The lowest BCUT2D eigenvalue weighted by Crippen LogP contribution is -2.47. The van der Waals surface area contributed by atoms with Crippen molar-refractivity contribution >= 4 is 41.7 Å². The van der Waals surface area contributed by atoms with E-state index < -0.39 is 12.2 Å². The average Bonchev–Trinajstić information content (AvgIpc) is 3.48. The number of aromatic nitrogens is 2. The summed E-state index contributed by atoms with van der Waals surface area (Å²) >= 11 is 11.1. The van der Waals surface area contributed by atoms with E-state index in [0.717, 1.165) is 16.2 Å². The molecule has 0 spiro atoms. The number of benzene rings is 2. The van der Waals surface area contributed by atoms with Crippen LogP contribution in [-0.2, 0) is 36.3 Å². The molecule has 3 aromatic rings. The molecule has 0 N–H and O–H groups in total.